The van der Waals surface area contributed by atoms with Gasteiger partial charge in [-0.05, 0) is 37.6 Å². The molecule has 0 aliphatic heterocycles. The van der Waals surface area contributed by atoms with Crippen LogP contribution < -0.4 is 10.1 Å². The average Bonchev–Trinajstić information content (AvgIpc) is 2.91. The van der Waals surface area contributed by atoms with E-state index in [0.29, 0.717) is 17.3 Å². The molecule has 0 aliphatic rings. The van der Waals surface area contributed by atoms with E-state index < -0.39 is 0 Å². The summed E-state index contributed by atoms with van der Waals surface area (Å²) in [6.45, 7) is 4.44. The molecule has 2 aromatic carbocycles. The summed E-state index contributed by atoms with van der Waals surface area (Å²) in [6.07, 6.45) is 0. The van der Waals surface area contributed by atoms with Gasteiger partial charge in [0.25, 0.3) is 5.91 Å². The number of para-hydroxylation sites is 1. The topological polar surface area (TPSA) is 51.2 Å². The molecule has 1 amide bonds. The van der Waals surface area contributed by atoms with Crippen molar-refractivity contribution < 1.29 is 9.53 Å². The quantitative estimate of drug-likeness (QED) is 0.783. The Balaban J connectivity index is 1.90. The van der Waals surface area contributed by atoms with E-state index in [-0.39, 0.29) is 5.91 Å². The Bertz CT molecular complexity index is 826. The molecule has 1 N–H and O–H groups in total. The minimum absolute atomic E-state index is 0.143. The number of anilines is 1. The van der Waals surface area contributed by atoms with Gasteiger partial charge in [0.05, 0.1) is 11.3 Å². The lowest BCUT2D eigenvalue weighted by Crippen LogP contribution is -2.12. The minimum Gasteiger partial charge on any atom is -0.492 e. The molecule has 22 heavy (non-hydrogen) atoms. The molecule has 0 unspecified atom stereocenters. The van der Waals surface area contributed by atoms with Gasteiger partial charge in [0.1, 0.15) is 11.3 Å². The van der Waals surface area contributed by atoms with Crippen LogP contribution in [0.15, 0.2) is 42.5 Å². The zero-order valence-electron chi connectivity index (χ0n) is 12.4. The van der Waals surface area contributed by atoms with Crippen LogP contribution in [0.4, 0.5) is 5.13 Å². The number of benzene rings is 2. The van der Waals surface area contributed by atoms with Gasteiger partial charge in [0.2, 0.25) is 0 Å². The van der Waals surface area contributed by atoms with E-state index in [9.17, 15) is 4.79 Å². The van der Waals surface area contributed by atoms with Crippen LogP contribution in [0.3, 0.4) is 0 Å². The monoisotopic (exact) mass is 312 g/mol. The lowest BCUT2D eigenvalue weighted by Gasteiger charge is -2.04. The highest BCUT2D eigenvalue weighted by Gasteiger charge is 2.13. The zero-order chi connectivity index (χ0) is 15.5. The number of fused-ring (bicyclic) bond motifs is 1. The van der Waals surface area contributed by atoms with Crippen molar-refractivity contribution in [1.82, 2.24) is 4.98 Å². The summed E-state index contributed by atoms with van der Waals surface area (Å²) in [5.41, 5.74) is 2.39. The Morgan fingerprint density at radius 3 is 2.82 bits per heavy atom. The van der Waals surface area contributed by atoms with Crippen molar-refractivity contribution >= 4 is 32.6 Å². The predicted octanol–water partition coefficient (Wildman–Crippen LogP) is 4.26. The first kappa shape index (κ1) is 14.5. The van der Waals surface area contributed by atoms with Gasteiger partial charge in [-0.25, -0.2) is 4.98 Å². The van der Waals surface area contributed by atoms with Crippen molar-refractivity contribution in [2.75, 3.05) is 11.9 Å². The summed E-state index contributed by atoms with van der Waals surface area (Å²) in [7, 11) is 0. The summed E-state index contributed by atoms with van der Waals surface area (Å²) in [6, 6.07) is 13.3. The van der Waals surface area contributed by atoms with E-state index in [1.807, 2.05) is 56.3 Å². The second-order valence-corrected chi connectivity index (χ2v) is 5.85. The largest absolute Gasteiger partial charge is 0.492 e. The SMILES string of the molecule is CCOc1cccc2sc(NC(=O)c3ccccc3C)nc12. The first-order chi connectivity index (χ1) is 10.7. The van der Waals surface area contributed by atoms with Crippen LogP contribution in [0.2, 0.25) is 0 Å². The molecule has 1 aromatic heterocycles. The smallest absolute Gasteiger partial charge is 0.257 e. The molecule has 1 heterocycles. The summed E-state index contributed by atoms with van der Waals surface area (Å²) < 4.78 is 6.56. The van der Waals surface area contributed by atoms with Crippen molar-refractivity contribution in [3.8, 4) is 5.75 Å². The Hall–Kier alpha value is -2.40. The number of carbonyl (C=O) groups excluding carboxylic acids is 1. The van der Waals surface area contributed by atoms with Crippen molar-refractivity contribution in [3.63, 3.8) is 0 Å². The summed E-state index contributed by atoms with van der Waals surface area (Å²) in [4.78, 5) is 16.8. The van der Waals surface area contributed by atoms with Crippen molar-refractivity contribution in [2.45, 2.75) is 13.8 Å². The number of rotatable bonds is 4. The number of aromatic nitrogens is 1. The maximum atomic E-state index is 12.3. The zero-order valence-corrected chi connectivity index (χ0v) is 13.2. The molecule has 5 heteroatoms. The van der Waals surface area contributed by atoms with Gasteiger partial charge in [0.15, 0.2) is 5.13 Å². The molecule has 0 saturated carbocycles. The molecule has 0 atom stereocenters. The first-order valence-corrected chi connectivity index (χ1v) is 7.90. The van der Waals surface area contributed by atoms with E-state index in [1.54, 1.807) is 0 Å². The molecule has 0 spiro atoms. The number of ether oxygens (including phenoxy) is 1. The molecular formula is C17H16N2O2S. The van der Waals surface area contributed by atoms with Gasteiger partial charge in [0, 0.05) is 5.56 Å². The number of aryl methyl sites for hydroxylation is 1. The summed E-state index contributed by atoms with van der Waals surface area (Å²) in [5.74, 6) is 0.600. The normalized spacial score (nSPS) is 10.6. The van der Waals surface area contributed by atoms with E-state index in [2.05, 4.69) is 10.3 Å². The molecule has 3 rings (SSSR count). The molecule has 3 aromatic rings. The molecular weight excluding hydrogens is 296 g/mol. The molecule has 0 radical (unpaired) electrons. The van der Waals surface area contributed by atoms with Gasteiger partial charge in [-0.1, -0.05) is 35.6 Å². The second-order valence-electron chi connectivity index (χ2n) is 4.82. The highest BCUT2D eigenvalue weighted by Crippen LogP contribution is 2.32. The molecule has 0 bridgehead atoms. The third-order valence-corrected chi connectivity index (χ3v) is 4.23. The minimum atomic E-state index is -0.143. The van der Waals surface area contributed by atoms with Crippen molar-refractivity contribution in [2.24, 2.45) is 0 Å². The van der Waals surface area contributed by atoms with Gasteiger partial charge in [-0.3, -0.25) is 10.1 Å². The van der Waals surface area contributed by atoms with Crippen LogP contribution in [0, 0.1) is 6.92 Å². The Labute approximate surface area is 132 Å². The van der Waals surface area contributed by atoms with Crippen LogP contribution in [0.25, 0.3) is 10.2 Å². The molecule has 0 fully saturated rings. The predicted molar refractivity (Wildman–Crippen MR) is 89.9 cm³/mol. The highest BCUT2D eigenvalue weighted by atomic mass is 32.1. The average molecular weight is 312 g/mol. The van der Waals surface area contributed by atoms with E-state index in [0.717, 1.165) is 21.5 Å². The fourth-order valence-electron chi connectivity index (χ4n) is 2.24. The fraction of sp³-hybridized carbons (Fsp3) is 0.176. The number of nitrogens with zero attached hydrogens (tertiary/aromatic N) is 1. The molecule has 112 valence electrons. The number of thiazole rings is 1. The lowest BCUT2D eigenvalue weighted by atomic mass is 10.1. The Kier molecular flexibility index (Phi) is 4.06. The van der Waals surface area contributed by atoms with Crippen LogP contribution in [-0.2, 0) is 0 Å². The van der Waals surface area contributed by atoms with Crippen LogP contribution in [0.5, 0.6) is 5.75 Å². The molecule has 0 aliphatic carbocycles. The first-order valence-electron chi connectivity index (χ1n) is 7.08. The van der Waals surface area contributed by atoms with E-state index in [4.69, 9.17) is 4.74 Å². The number of amides is 1. The second kappa shape index (κ2) is 6.15. The summed E-state index contributed by atoms with van der Waals surface area (Å²) in [5, 5.41) is 3.45. The van der Waals surface area contributed by atoms with Gasteiger partial charge in [-0.2, -0.15) is 0 Å². The highest BCUT2D eigenvalue weighted by molar-refractivity contribution is 7.22. The molecule has 4 nitrogen and oxygen atoms in total. The maximum absolute atomic E-state index is 12.3. The fourth-order valence-corrected chi connectivity index (χ4v) is 3.12. The number of nitrogens with one attached hydrogen (secondary N) is 1. The van der Waals surface area contributed by atoms with Gasteiger partial charge < -0.3 is 4.74 Å². The van der Waals surface area contributed by atoms with Crippen molar-refractivity contribution in [1.29, 1.82) is 0 Å². The molecule has 0 saturated heterocycles. The van der Waals surface area contributed by atoms with Crippen molar-refractivity contribution in [3.05, 3.63) is 53.6 Å². The Morgan fingerprint density at radius 1 is 1.23 bits per heavy atom. The van der Waals surface area contributed by atoms with Gasteiger partial charge >= 0.3 is 0 Å². The number of hydrogen-bond acceptors (Lipinski definition) is 4. The van der Waals surface area contributed by atoms with E-state index in [1.165, 1.54) is 11.3 Å². The number of carbonyl (C=O) groups is 1. The standard InChI is InChI=1S/C17H16N2O2S/c1-3-21-13-9-6-10-14-15(13)18-17(22-14)19-16(20)12-8-5-4-7-11(12)2/h4-10H,3H2,1-2H3,(H,18,19,20). The third-order valence-electron chi connectivity index (χ3n) is 3.29. The van der Waals surface area contributed by atoms with E-state index >= 15 is 0 Å². The van der Waals surface area contributed by atoms with Gasteiger partial charge in [-0.15, -0.1) is 0 Å². The summed E-state index contributed by atoms with van der Waals surface area (Å²) >= 11 is 1.44. The maximum Gasteiger partial charge on any atom is 0.257 e. The third kappa shape index (κ3) is 2.80. The van der Waals surface area contributed by atoms with Crippen LogP contribution >= 0.6 is 11.3 Å². The Morgan fingerprint density at radius 2 is 2.05 bits per heavy atom. The van der Waals surface area contributed by atoms with Crippen LogP contribution in [-0.4, -0.2) is 17.5 Å². The van der Waals surface area contributed by atoms with Crippen LogP contribution in [0.1, 0.15) is 22.8 Å². The lowest BCUT2D eigenvalue weighted by molar-refractivity contribution is 0.102. The number of hydrogen-bond donors (Lipinski definition) is 1.